The largest absolute Gasteiger partial charge is 0.433 e. The molecule has 1 aromatic rings. The Bertz CT molecular complexity index is 454. The standard InChI is InChI=1S/C12H14F3N3O/c1-7(8-4-16-5-8)11(19)18-9-2-3-10(17-6-9)12(13,14)15/h2-3,6-8,16H,4-5H2,1H3,(H,18,19). The summed E-state index contributed by atoms with van der Waals surface area (Å²) < 4.78 is 36.9. The van der Waals surface area contributed by atoms with Crippen molar-refractivity contribution in [2.24, 2.45) is 11.8 Å². The van der Waals surface area contributed by atoms with Crippen LogP contribution in [-0.4, -0.2) is 24.0 Å². The van der Waals surface area contributed by atoms with Gasteiger partial charge < -0.3 is 10.6 Å². The Morgan fingerprint density at radius 1 is 1.47 bits per heavy atom. The van der Waals surface area contributed by atoms with Crippen LogP contribution in [0.4, 0.5) is 18.9 Å². The molecule has 0 saturated carbocycles. The Hall–Kier alpha value is -1.63. The summed E-state index contributed by atoms with van der Waals surface area (Å²) in [7, 11) is 0. The van der Waals surface area contributed by atoms with Crippen molar-refractivity contribution in [3.05, 3.63) is 24.0 Å². The van der Waals surface area contributed by atoms with Crippen molar-refractivity contribution >= 4 is 11.6 Å². The molecule has 1 unspecified atom stereocenters. The van der Waals surface area contributed by atoms with E-state index in [1.807, 2.05) is 0 Å². The summed E-state index contributed by atoms with van der Waals surface area (Å²) in [6.07, 6.45) is -3.44. The third-order valence-corrected chi connectivity index (χ3v) is 3.26. The van der Waals surface area contributed by atoms with Gasteiger partial charge in [0.05, 0.1) is 11.9 Å². The number of nitrogens with zero attached hydrogens (tertiary/aromatic N) is 1. The summed E-state index contributed by atoms with van der Waals surface area (Å²) in [4.78, 5) is 15.1. The Kier molecular flexibility index (Phi) is 3.75. The fourth-order valence-electron chi connectivity index (χ4n) is 1.77. The zero-order chi connectivity index (χ0) is 14.0. The second kappa shape index (κ2) is 5.16. The lowest BCUT2D eigenvalue weighted by atomic mass is 9.88. The third-order valence-electron chi connectivity index (χ3n) is 3.26. The molecule has 1 fully saturated rings. The lowest BCUT2D eigenvalue weighted by Gasteiger charge is -2.31. The first-order valence-electron chi connectivity index (χ1n) is 5.93. The maximum atomic E-state index is 12.3. The fraction of sp³-hybridized carbons (Fsp3) is 0.500. The first-order chi connectivity index (χ1) is 8.88. The molecule has 0 aromatic carbocycles. The summed E-state index contributed by atoms with van der Waals surface area (Å²) in [5.74, 6) is -0.0981. The molecule has 2 rings (SSSR count). The zero-order valence-corrected chi connectivity index (χ0v) is 10.3. The smallest absolute Gasteiger partial charge is 0.324 e. The molecule has 1 amide bonds. The molecule has 1 aliphatic heterocycles. The minimum Gasteiger partial charge on any atom is -0.324 e. The van der Waals surface area contributed by atoms with Crippen molar-refractivity contribution in [3.8, 4) is 0 Å². The van der Waals surface area contributed by atoms with E-state index in [0.717, 1.165) is 25.4 Å². The van der Waals surface area contributed by atoms with Gasteiger partial charge >= 0.3 is 6.18 Å². The van der Waals surface area contributed by atoms with E-state index in [-0.39, 0.29) is 23.4 Å². The highest BCUT2D eigenvalue weighted by Gasteiger charge is 2.32. The summed E-state index contributed by atoms with van der Waals surface area (Å²) in [5, 5.41) is 5.64. The van der Waals surface area contributed by atoms with Crippen molar-refractivity contribution in [1.82, 2.24) is 10.3 Å². The van der Waals surface area contributed by atoms with Gasteiger partial charge in [-0.15, -0.1) is 0 Å². The number of alkyl halides is 3. The molecule has 0 bridgehead atoms. The number of rotatable bonds is 3. The summed E-state index contributed by atoms with van der Waals surface area (Å²) in [6.45, 7) is 3.39. The van der Waals surface area contributed by atoms with Gasteiger partial charge in [0.25, 0.3) is 0 Å². The quantitative estimate of drug-likeness (QED) is 0.884. The van der Waals surface area contributed by atoms with Gasteiger partial charge in [-0.05, 0) is 31.1 Å². The average molecular weight is 273 g/mol. The maximum Gasteiger partial charge on any atom is 0.433 e. The number of aromatic nitrogens is 1. The summed E-state index contributed by atoms with van der Waals surface area (Å²) >= 11 is 0. The molecule has 1 aliphatic rings. The zero-order valence-electron chi connectivity index (χ0n) is 10.3. The molecule has 1 aromatic heterocycles. The van der Waals surface area contributed by atoms with Gasteiger partial charge in [-0.1, -0.05) is 6.92 Å². The van der Waals surface area contributed by atoms with E-state index < -0.39 is 11.9 Å². The van der Waals surface area contributed by atoms with Gasteiger partial charge in [0.15, 0.2) is 0 Å². The first-order valence-corrected chi connectivity index (χ1v) is 5.93. The molecule has 7 heteroatoms. The Balaban J connectivity index is 1.97. The highest BCUT2D eigenvalue weighted by molar-refractivity contribution is 5.92. The van der Waals surface area contributed by atoms with Crippen LogP contribution in [0, 0.1) is 11.8 Å². The van der Waals surface area contributed by atoms with Crippen molar-refractivity contribution in [2.75, 3.05) is 18.4 Å². The van der Waals surface area contributed by atoms with E-state index >= 15 is 0 Å². The Labute approximate surface area is 108 Å². The minimum atomic E-state index is -4.46. The molecule has 0 radical (unpaired) electrons. The van der Waals surface area contributed by atoms with Crippen LogP contribution in [-0.2, 0) is 11.0 Å². The van der Waals surface area contributed by atoms with Crippen molar-refractivity contribution in [2.45, 2.75) is 13.1 Å². The van der Waals surface area contributed by atoms with Crippen LogP contribution in [0.1, 0.15) is 12.6 Å². The second-order valence-electron chi connectivity index (χ2n) is 4.63. The molecule has 19 heavy (non-hydrogen) atoms. The molecule has 2 N–H and O–H groups in total. The van der Waals surface area contributed by atoms with Crippen LogP contribution in [0.3, 0.4) is 0 Å². The molecule has 104 valence electrons. The number of anilines is 1. The highest BCUT2D eigenvalue weighted by atomic mass is 19.4. The number of carbonyl (C=O) groups is 1. The SMILES string of the molecule is CC(C(=O)Nc1ccc(C(F)(F)F)nc1)C1CNC1. The minimum absolute atomic E-state index is 0.177. The summed E-state index contributed by atoms with van der Waals surface area (Å²) in [6, 6.07) is 2.06. The van der Waals surface area contributed by atoms with Gasteiger partial charge in [-0.3, -0.25) is 4.79 Å². The lowest BCUT2D eigenvalue weighted by Crippen LogP contribution is -2.48. The number of halogens is 3. The maximum absolute atomic E-state index is 12.3. The molecular weight excluding hydrogens is 259 g/mol. The van der Waals surface area contributed by atoms with E-state index in [2.05, 4.69) is 15.6 Å². The van der Waals surface area contributed by atoms with Gasteiger partial charge in [0.1, 0.15) is 5.69 Å². The normalized spacial score (nSPS) is 17.7. The lowest BCUT2D eigenvalue weighted by molar-refractivity contribution is -0.141. The number of hydrogen-bond donors (Lipinski definition) is 2. The number of amides is 1. The van der Waals surface area contributed by atoms with Crippen molar-refractivity contribution in [1.29, 1.82) is 0 Å². The molecule has 2 heterocycles. The van der Waals surface area contributed by atoms with E-state index in [9.17, 15) is 18.0 Å². The number of hydrogen-bond acceptors (Lipinski definition) is 3. The molecule has 0 aliphatic carbocycles. The Morgan fingerprint density at radius 3 is 2.58 bits per heavy atom. The third kappa shape index (κ3) is 3.23. The molecule has 4 nitrogen and oxygen atoms in total. The van der Waals surface area contributed by atoms with E-state index in [1.54, 1.807) is 6.92 Å². The monoisotopic (exact) mass is 273 g/mol. The van der Waals surface area contributed by atoms with E-state index in [1.165, 1.54) is 6.07 Å². The van der Waals surface area contributed by atoms with Crippen LogP contribution in [0.25, 0.3) is 0 Å². The van der Waals surface area contributed by atoms with Gasteiger partial charge in [0, 0.05) is 5.92 Å². The Morgan fingerprint density at radius 2 is 2.16 bits per heavy atom. The fourth-order valence-corrected chi connectivity index (χ4v) is 1.77. The van der Waals surface area contributed by atoms with E-state index in [0.29, 0.717) is 0 Å². The number of carbonyl (C=O) groups excluding carboxylic acids is 1. The van der Waals surface area contributed by atoms with Crippen LogP contribution in [0.15, 0.2) is 18.3 Å². The highest BCUT2D eigenvalue weighted by Crippen LogP contribution is 2.28. The second-order valence-corrected chi connectivity index (χ2v) is 4.63. The molecule has 0 spiro atoms. The molecular formula is C12H14F3N3O. The van der Waals surface area contributed by atoms with Gasteiger partial charge in [0.2, 0.25) is 5.91 Å². The molecule has 1 saturated heterocycles. The summed E-state index contributed by atoms with van der Waals surface area (Å²) in [5.41, 5.74) is -0.695. The molecule has 1 atom stereocenters. The van der Waals surface area contributed by atoms with Crippen molar-refractivity contribution < 1.29 is 18.0 Å². The predicted molar refractivity (Wildman–Crippen MR) is 63.4 cm³/mol. The van der Waals surface area contributed by atoms with Crippen LogP contribution >= 0.6 is 0 Å². The topological polar surface area (TPSA) is 54.0 Å². The van der Waals surface area contributed by atoms with Crippen LogP contribution < -0.4 is 10.6 Å². The first kappa shape index (κ1) is 13.8. The number of nitrogens with one attached hydrogen (secondary N) is 2. The van der Waals surface area contributed by atoms with Crippen molar-refractivity contribution in [3.63, 3.8) is 0 Å². The van der Waals surface area contributed by atoms with Crippen LogP contribution in [0.2, 0.25) is 0 Å². The predicted octanol–water partition coefficient (Wildman–Crippen LogP) is 1.89. The van der Waals surface area contributed by atoms with Crippen LogP contribution in [0.5, 0.6) is 0 Å². The van der Waals surface area contributed by atoms with Gasteiger partial charge in [-0.2, -0.15) is 13.2 Å². The van der Waals surface area contributed by atoms with E-state index in [4.69, 9.17) is 0 Å². The number of pyridine rings is 1. The average Bonchev–Trinajstić information content (AvgIpc) is 2.26. The van der Waals surface area contributed by atoms with Gasteiger partial charge in [-0.25, -0.2) is 4.98 Å².